The first-order valence-electron chi connectivity index (χ1n) is 9.15. The molecule has 3 fully saturated rings. The Morgan fingerprint density at radius 1 is 1.17 bits per heavy atom. The number of piperazine rings is 1. The Morgan fingerprint density at radius 3 is 2.54 bits per heavy atom. The van der Waals surface area contributed by atoms with Gasteiger partial charge in [-0.15, -0.1) is 0 Å². The van der Waals surface area contributed by atoms with Crippen molar-refractivity contribution < 1.29 is 9.53 Å². The van der Waals surface area contributed by atoms with Crippen LogP contribution in [0.25, 0.3) is 0 Å². The Morgan fingerprint density at radius 2 is 1.92 bits per heavy atom. The predicted octanol–water partition coefficient (Wildman–Crippen LogP) is 2.08. The fraction of sp³-hybridized carbons (Fsp3) is 0.632. The highest BCUT2D eigenvalue weighted by atomic mass is 16.6. The van der Waals surface area contributed by atoms with Crippen LogP contribution < -0.4 is 5.32 Å². The first-order valence-corrected chi connectivity index (χ1v) is 9.15. The first-order chi connectivity index (χ1) is 11.7. The van der Waals surface area contributed by atoms with Crippen molar-refractivity contribution in [3.05, 3.63) is 35.9 Å². The lowest BCUT2D eigenvalue weighted by Crippen LogP contribution is -2.54. The molecule has 1 unspecified atom stereocenters. The van der Waals surface area contributed by atoms with Crippen molar-refractivity contribution in [2.75, 3.05) is 39.3 Å². The summed E-state index contributed by atoms with van der Waals surface area (Å²) in [6.45, 7) is 6.30. The van der Waals surface area contributed by atoms with E-state index < -0.39 is 0 Å². The number of benzene rings is 1. The maximum Gasteiger partial charge on any atom is 0.410 e. The van der Waals surface area contributed by atoms with E-state index in [4.69, 9.17) is 4.74 Å². The van der Waals surface area contributed by atoms with E-state index >= 15 is 0 Å². The van der Waals surface area contributed by atoms with Gasteiger partial charge in [0.05, 0.1) is 0 Å². The Balaban J connectivity index is 1.22. The lowest BCUT2D eigenvalue weighted by molar-refractivity contribution is 0.0561. The van der Waals surface area contributed by atoms with Crippen LogP contribution in [-0.2, 0) is 11.3 Å². The SMILES string of the molecule is O=C(OCc1ccccc1)N1CCN(C2CCC3(CNC3)C2)CC1. The fourth-order valence-corrected chi connectivity index (χ4v) is 4.37. The number of ether oxygens (including phenoxy) is 1. The molecule has 1 aromatic rings. The number of carbonyl (C=O) groups excluding carboxylic acids is 1. The van der Waals surface area contributed by atoms with Crippen molar-refractivity contribution >= 4 is 6.09 Å². The van der Waals surface area contributed by atoms with Gasteiger partial charge in [-0.2, -0.15) is 0 Å². The summed E-state index contributed by atoms with van der Waals surface area (Å²) < 4.78 is 5.45. The topological polar surface area (TPSA) is 44.8 Å². The Bertz CT molecular complexity index is 565. The van der Waals surface area contributed by atoms with E-state index in [2.05, 4.69) is 10.2 Å². The van der Waals surface area contributed by atoms with Crippen LogP contribution >= 0.6 is 0 Å². The lowest BCUT2D eigenvalue weighted by Gasteiger charge is -2.42. The van der Waals surface area contributed by atoms with Gasteiger partial charge < -0.3 is 15.0 Å². The summed E-state index contributed by atoms with van der Waals surface area (Å²) in [6.07, 6.45) is 3.84. The first kappa shape index (κ1) is 15.9. The zero-order chi connectivity index (χ0) is 16.4. The maximum atomic E-state index is 12.2. The quantitative estimate of drug-likeness (QED) is 0.922. The molecule has 1 saturated carbocycles. The number of rotatable bonds is 3. The molecule has 4 rings (SSSR count). The van der Waals surface area contributed by atoms with Gasteiger partial charge in [0, 0.05) is 45.3 Å². The van der Waals surface area contributed by atoms with E-state index in [1.807, 2.05) is 35.2 Å². The van der Waals surface area contributed by atoms with Crippen LogP contribution in [0.4, 0.5) is 4.79 Å². The molecule has 2 saturated heterocycles. The highest BCUT2D eigenvalue weighted by Crippen LogP contribution is 2.43. The molecule has 1 atom stereocenters. The highest BCUT2D eigenvalue weighted by molar-refractivity contribution is 5.67. The molecule has 0 bridgehead atoms. The minimum absolute atomic E-state index is 0.176. The van der Waals surface area contributed by atoms with E-state index in [-0.39, 0.29) is 6.09 Å². The lowest BCUT2D eigenvalue weighted by atomic mass is 9.80. The molecular weight excluding hydrogens is 302 g/mol. The smallest absolute Gasteiger partial charge is 0.410 e. The Hall–Kier alpha value is -1.59. The van der Waals surface area contributed by atoms with Crippen LogP contribution in [-0.4, -0.2) is 61.2 Å². The van der Waals surface area contributed by atoms with Crippen molar-refractivity contribution in [3.8, 4) is 0 Å². The number of nitrogens with one attached hydrogen (secondary N) is 1. The molecule has 1 amide bonds. The van der Waals surface area contributed by atoms with Crippen LogP contribution in [0.15, 0.2) is 30.3 Å². The van der Waals surface area contributed by atoms with Gasteiger partial charge in [-0.1, -0.05) is 30.3 Å². The summed E-state index contributed by atoms with van der Waals surface area (Å²) in [5, 5.41) is 3.43. The van der Waals surface area contributed by atoms with Gasteiger partial charge in [-0.3, -0.25) is 4.90 Å². The predicted molar refractivity (Wildman–Crippen MR) is 92.7 cm³/mol. The number of amides is 1. The summed E-state index contributed by atoms with van der Waals surface area (Å²) in [6, 6.07) is 10.6. The number of hydrogen-bond acceptors (Lipinski definition) is 4. The summed E-state index contributed by atoms with van der Waals surface area (Å²) in [4.78, 5) is 16.7. The molecular formula is C19H27N3O2. The van der Waals surface area contributed by atoms with Gasteiger partial charge in [0.2, 0.25) is 0 Å². The number of nitrogens with zero attached hydrogens (tertiary/aromatic N) is 2. The van der Waals surface area contributed by atoms with E-state index in [0.717, 1.165) is 37.8 Å². The minimum Gasteiger partial charge on any atom is -0.445 e. The Labute approximate surface area is 144 Å². The third-order valence-electron chi connectivity index (χ3n) is 5.97. The largest absolute Gasteiger partial charge is 0.445 e. The molecule has 2 heterocycles. The molecule has 130 valence electrons. The zero-order valence-corrected chi connectivity index (χ0v) is 14.2. The standard InChI is InChI=1S/C19H27N3O2/c23-18(24-13-16-4-2-1-3-5-16)22-10-8-21(9-11-22)17-6-7-19(12-17)14-20-15-19/h1-5,17,20H,6-15H2. The van der Waals surface area contributed by atoms with Crippen molar-refractivity contribution in [3.63, 3.8) is 0 Å². The minimum atomic E-state index is -0.176. The molecule has 1 aliphatic carbocycles. The van der Waals surface area contributed by atoms with Gasteiger partial charge in [-0.05, 0) is 30.2 Å². The molecule has 3 aliphatic rings. The molecule has 0 radical (unpaired) electrons. The highest BCUT2D eigenvalue weighted by Gasteiger charge is 2.45. The van der Waals surface area contributed by atoms with Gasteiger partial charge in [0.15, 0.2) is 0 Å². The third-order valence-corrected chi connectivity index (χ3v) is 5.97. The van der Waals surface area contributed by atoms with E-state index in [1.165, 1.54) is 32.4 Å². The van der Waals surface area contributed by atoms with Crippen molar-refractivity contribution in [1.29, 1.82) is 0 Å². The van der Waals surface area contributed by atoms with Gasteiger partial charge in [0.1, 0.15) is 6.61 Å². The fourth-order valence-electron chi connectivity index (χ4n) is 4.37. The molecule has 2 aliphatic heterocycles. The van der Waals surface area contributed by atoms with Gasteiger partial charge in [0.25, 0.3) is 0 Å². The number of hydrogen-bond donors (Lipinski definition) is 1. The molecule has 5 nitrogen and oxygen atoms in total. The third kappa shape index (κ3) is 3.28. The summed E-state index contributed by atoms with van der Waals surface area (Å²) in [7, 11) is 0. The average Bonchev–Trinajstić information content (AvgIpc) is 3.07. The normalized spacial score (nSPS) is 26.3. The second-order valence-electron chi connectivity index (χ2n) is 7.56. The monoisotopic (exact) mass is 329 g/mol. The molecule has 1 N–H and O–H groups in total. The summed E-state index contributed by atoms with van der Waals surface area (Å²) in [5.74, 6) is 0. The average molecular weight is 329 g/mol. The summed E-state index contributed by atoms with van der Waals surface area (Å²) >= 11 is 0. The molecule has 1 spiro atoms. The van der Waals surface area contributed by atoms with Gasteiger partial charge >= 0.3 is 6.09 Å². The molecule has 1 aromatic carbocycles. The maximum absolute atomic E-state index is 12.2. The van der Waals surface area contributed by atoms with Crippen LogP contribution in [0, 0.1) is 5.41 Å². The second-order valence-corrected chi connectivity index (χ2v) is 7.56. The van der Waals surface area contributed by atoms with Crippen LogP contribution in [0.1, 0.15) is 24.8 Å². The van der Waals surface area contributed by atoms with Crippen LogP contribution in [0.5, 0.6) is 0 Å². The molecule has 0 aromatic heterocycles. The van der Waals surface area contributed by atoms with Crippen LogP contribution in [0.2, 0.25) is 0 Å². The molecule has 5 heteroatoms. The van der Waals surface area contributed by atoms with E-state index in [0.29, 0.717) is 12.0 Å². The van der Waals surface area contributed by atoms with Crippen LogP contribution in [0.3, 0.4) is 0 Å². The van der Waals surface area contributed by atoms with E-state index in [9.17, 15) is 4.79 Å². The zero-order valence-electron chi connectivity index (χ0n) is 14.2. The van der Waals surface area contributed by atoms with Gasteiger partial charge in [-0.25, -0.2) is 4.79 Å². The summed E-state index contributed by atoms with van der Waals surface area (Å²) in [5.41, 5.74) is 1.63. The second kappa shape index (κ2) is 6.73. The van der Waals surface area contributed by atoms with E-state index in [1.54, 1.807) is 0 Å². The number of carbonyl (C=O) groups is 1. The molecule has 24 heavy (non-hydrogen) atoms. The van der Waals surface area contributed by atoms with Crippen molar-refractivity contribution in [2.45, 2.75) is 31.9 Å². The van der Waals surface area contributed by atoms with Crippen molar-refractivity contribution in [2.24, 2.45) is 5.41 Å². The Kier molecular flexibility index (Phi) is 4.46. The van der Waals surface area contributed by atoms with Crippen molar-refractivity contribution in [1.82, 2.24) is 15.1 Å².